The second kappa shape index (κ2) is 8.11. The Morgan fingerprint density at radius 2 is 1.93 bits per heavy atom. The molecule has 1 aromatic heterocycles. The summed E-state index contributed by atoms with van der Waals surface area (Å²) >= 11 is 0. The van der Waals surface area contributed by atoms with Gasteiger partial charge in [-0.25, -0.2) is 23.1 Å². The van der Waals surface area contributed by atoms with E-state index in [1.165, 1.54) is 6.07 Å². The number of sulfonamides is 1. The second-order valence-corrected chi connectivity index (χ2v) is 8.51. The van der Waals surface area contributed by atoms with Crippen molar-refractivity contribution < 1.29 is 13.2 Å². The quantitative estimate of drug-likeness (QED) is 0.592. The van der Waals surface area contributed by atoms with Gasteiger partial charge in [0.05, 0.1) is 4.90 Å². The molecule has 0 fully saturated rings. The van der Waals surface area contributed by atoms with Crippen LogP contribution in [0.5, 0.6) is 0 Å². The third-order valence-corrected chi connectivity index (χ3v) is 5.75. The highest BCUT2D eigenvalue weighted by atomic mass is 32.2. The lowest BCUT2D eigenvalue weighted by Gasteiger charge is -2.17. The van der Waals surface area contributed by atoms with Crippen LogP contribution in [0.4, 0.5) is 17.3 Å². The topological polar surface area (TPSA) is 116 Å². The summed E-state index contributed by atoms with van der Waals surface area (Å²) in [5, 5.41) is 5.85. The molecule has 0 saturated heterocycles. The molecule has 0 bridgehead atoms. The van der Waals surface area contributed by atoms with Gasteiger partial charge in [0, 0.05) is 45.4 Å². The van der Waals surface area contributed by atoms with Crippen molar-refractivity contribution in [2.24, 2.45) is 0 Å². The van der Waals surface area contributed by atoms with Crippen molar-refractivity contribution in [2.75, 3.05) is 42.7 Å². The van der Waals surface area contributed by atoms with E-state index in [-0.39, 0.29) is 17.3 Å². The van der Waals surface area contributed by atoms with E-state index in [4.69, 9.17) is 0 Å². The first-order valence-electron chi connectivity index (χ1n) is 8.94. The van der Waals surface area contributed by atoms with Gasteiger partial charge in [-0.3, -0.25) is 4.79 Å². The third-order valence-electron chi connectivity index (χ3n) is 4.29. The molecule has 2 aromatic rings. The number of benzene rings is 1. The van der Waals surface area contributed by atoms with Crippen LogP contribution in [0.3, 0.4) is 0 Å². The van der Waals surface area contributed by atoms with E-state index in [2.05, 4.69) is 25.3 Å². The number of fused-ring (bicyclic) bond motifs is 1. The Morgan fingerprint density at radius 1 is 1.14 bits per heavy atom. The minimum atomic E-state index is -3.64. The molecule has 150 valence electrons. The molecule has 0 aliphatic carbocycles. The lowest BCUT2D eigenvalue weighted by Crippen LogP contribution is -2.29. The lowest BCUT2D eigenvalue weighted by molar-refractivity contribution is -0.116. The Kier molecular flexibility index (Phi) is 5.80. The number of carbonyl (C=O) groups excluding carboxylic acids is 1. The van der Waals surface area contributed by atoms with Gasteiger partial charge in [-0.2, -0.15) is 0 Å². The smallest absolute Gasteiger partial charge is 0.240 e. The molecule has 1 amide bonds. The number of rotatable bonds is 7. The molecule has 3 N–H and O–H groups in total. The first kappa shape index (κ1) is 20.0. The summed E-state index contributed by atoms with van der Waals surface area (Å²) in [7, 11) is 0.150. The Hall–Kier alpha value is -2.72. The molecule has 10 heteroatoms. The summed E-state index contributed by atoms with van der Waals surface area (Å²) in [4.78, 5) is 22.1. The largest absolute Gasteiger partial charge is 0.369 e. The van der Waals surface area contributed by atoms with Crippen molar-refractivity contribution in [1.29, 1.82) is 0 Å². The van der Waals surface area contributed by atoms with Crippen molar-refractivity contribution in [3.63, 3.8) is 0 Å². The fraction of sp³-hybridized carbons (Fsp3) is 0.389. The molecule has 0 spiro atoms. The zero-order chi connectivity index (χ0) is 20.3. The predicted molar refractivity (Wildman–Crippen MR) is 108 cm³/mol. The number of amides is 1. The fourth-order valence-electron chi connectivity index (χ4n) is 2.86. The molecule has 1 aliphatic rings. The van der Waals surface area contributed by atoms with Gasteiger partial charge >= 0.3 is 0 Å². The van der Waals surface area contributed by atoms with Gasteiger partial charge in [-0.15, -0.1) is 0 Å². The predicted octanol–water partition coefficient (Wildman–Crippen LogP) is 1.13. The summed E-state index contributed by atoms with van der Waals surface area (Å²) in [6.45, 7) is 2.39. The maximum absolute atomic E-state index is 12.5. The van der Waals surface area contributed by atoms with Crippen molar-refractivity contribution in [3.05, 3.63) is 35.7 Å². The molecule has 2 heterocycles. The van der Waals surface area contributed by atoms with E-state index in [9.17, 15) is 13.2 Å². The molecule has 9 nitrogen and oxygen atoms in total. The number of anilines is 3. The standard InChI is InChI=1S/C18H24N6O3S/c1-12-21-16(11-17(22-12)24(2)3)19-8-9-20-28(26,27)14-5-6-15-13(10-14)4-7-18(25)23-15/h5-6,10-11,20H,4,7-9H2,1-3H3,(H,23,25)(H,19,21,22). The number of aryl methyl sites for hydroxylation is 2. The molecule has 3 rings (SSSR count). The molecule has 0 saturated carbocycles. The van der Waals surface area contributed by atoms with Crippen molar-refractivity contribution in [2.45, 2.75) is 24.7 Å². The van der Waals surface area contributed by atoms with Gasteiger partial charge in [-0.1, -0.05) is 0 Å². The van der Waals surface area contributed by atoms with Crippen LogP contribution in [-0.2, 0) is 21.2 Å². The summed E-state index contributed by atoms with van der Waals surface area (Å²) in [5.74, 6) is 2.00. The average Bonchev–Trinajstić information content (AvgIpc) is 2.64. The number of hydrogen-bond donors (Lipinski definition) is 3. The minimum absolute atomic E-state index is 0.0512. The van der Waals surface area contributed by atoms with Gasteiger partial charge in [-0.05, 0) is 37.1 Å². The summed E-state index contributed by atoms with van der Waals surface area (Å²) in [6, 6.07) is 6.55. The molecule has 28 heavy (non-hydrogen) atoms. The number of nitrogens with one attached hydrogen (secondary N) is 3. The maximum Gasteiger partial charge on any atom is 0.240 e. The van der Waals surface area contributed by atoms with Gasteiger partial charge in [0.25, 0.3) is 0 Å². The lowest BCUT2D eigenvalue weighted by atomic mass is 10.0. The van der Waals surface area contributed by atoms with Gasteiger partial charge in [0.2, 0.25) is 15.9 Å². The number of carbonyl (C=O) groups is 1. The Bertz CT molecular complexity index is 991. The van der Waals surface area contributed by atoms with Gasteiger partial charge < -0.3 is 15.5 Å². The first-order chi connectivity index (χ1) is 13.2. The Morgan fingerprint density at radius 3 is 2.68 bits per heavy atom. The zero-order valence-electron chi connectivity index (χ0n) is 16.1. The number of aromatic nitrogens is 2. The van der Waals surface area contributed by atoms with E-state index < -0.39 is 10.0 Å². The van der Waals surface area contributed by atoms with E-state index in [0.29, 0.717) is 36.7 Å². The Labute approximate surface area is 164 Å². The van der Waals surface area contributed by atoms with Crippen molar-refractivity contribution >= 4 is 33.3 Å². The molecule has 1 aromatic carbocycles. The summed E-state index contributed by atoms with van der Waals surface area (Å²) in [6.07, 6.45) is 0.897. The Balaban J connectivity index is 1.59. The summed E-state index contributed by atoms with van der Waals surface area (Å²) in [5.41, 5.74) is 1.50. The highest BCUT2D eigenvalue weighted by molar-refractivity contribution is 7.89. The van der Waals surface area contributed by atoms with Crippen LogP contribution in [0, 0.1) is 6.92 Å². The molecular formula is C18H24N6O3S. The SMILES string of the molecule is Cc1nc(NCCNS(=O)(=O)c2ccc3c(c2)CCC(=O)N3)cc(N(C)C)n1. The van der Waals surface area contributed by atoms with Crippen LogP contribution < -0.4 is 20.3 Å². The van der Waals surface area contributed by atoms with Crippen molar-refractivity contribution in [1.82, 2.24) is 14.7 Å². The normalized spacial score (nSPS) is 13.6. The summed E-state index contributed by atoms with van der Waals surface area (Å²) < 4.78 is 27.6. The monoisotopic (exact) mass is 404 g/mol. The van der Waals surface area contributed by atoms with Crippen LogP contribution >= 0.6 is 0 Å². The van der Waals surface area contributed by atoms with Gasteiger partial charge in [0.1, 0.15) is 17.5 Å². The average molecular weight is 404 g/mol. The third kappa shape index (κ3) is 4.76. The van der Waals surface area contributed by atoms with E-state index >= 15 is 0 Å². The van der Waals surface area contributed by atoms with Crippen LogP contribution in [0.15, 0.2) is 29.2 Å². The van der Waals surface area contributed by atoms with Crippen LogP contribution in [-0.4, -0.2) is 51.5 Å². The maximum atomic E-state index is 12.5. The zero-order valence-corrected chi connectivity index (χ0v) is 16.9. The van der Waals surface area contributed by atoms with E-state index in [1.807, 2.05) is 19.0 Å². The molecule has 0 atom stereocenters. The highest BCUT2D eigenvalue weighted by Gasteiger charge is 2.19. The number of hydrogen-bond acceptors (Lipinski definition) is 7. The fourth-order valence-corrected chi connectivity index (χ4v) is 3.94. The molecule has 0 radical (unpaired) electrons. The van der Waals surface area contributed by atoms with E-state index in [1.54, 1.807) is 25.1 Å². The minimum Gasteiger partial charge on any atom is -0.369 e. The van der Waals surface area contributed by atoms with E-state index in [0.717, 1.165) is 11.4 Å². The van der Waals surface area contributed by atoms with Crippen LogP contribution in [0.1, 0.15) is 17.8 Å². The van der Waals surface area contributed by atoms with Crippen molar-refractivity contribution in [3.8, 4) is 0 Å². The van der Waals surface area contributed by atoms with Crippen LogP contribution in [0.2, 0.25) is 0 Å². The highest BCUT2D eigenvalue weighted by Crippen LogP contribution is 2.25. The van der Waals surface area contributed by atoms with Gasteiger partial charge in [0.15, 0.2) is 0 Å². The number of nitrogens with zero attached hydrogens (tertiary/aromatic N) is 3. The molecule has 1 aliphatic heterocycles. The van der Waals surface area contributed by atoms with Crippen LogP contribution in [0.25, 0.3) is 0 Å². The second-order valence-electron chi connectivity index (χ2n) is 6.74. The first-order valence-corrected chi connectivity index (χ1v) is 10.4. The molecule has 0 unspecified atom stereocenters. The molecular weight excluding hydrogens is 380 g/mol.